The van der Waals surface area contributed by atoms with Crippen LogP contribution in [-0.4, -0.2) is 32.8 Å². The Kier molecular flexibility index (Phi) is 5.52. The van der Waals surface area contributed by atoms with Crippen molar-refractivity contribution in [2.75, 3.05) is 7.11 Å². The zero-order valence-electron chi connectivity index (χ0n) is 16.7. The maximum atomic E-state index is 12.8. The number of benzene rings is 1. The van der Waals surface area contributed by atoms with Crippen molar-refractivity contribution in [2.24, 2.45) is 7.05 Å². The second kappa shape index (κ2) is 8.57. The molecule has 0 spiro atoms. The molecule has 0 atom stereocenters. The van der Waals surface area contributed by atoms with E-state index in [9.17, 15) is 4.79 Å². The van der Waals surface area contributed by atoms with Gasteiger partial charge in [0.2, 0.25) is 0 Å². The number of hydrogen-bond donors (Lipinski definition) is 1. The van der Waals surface area contributed by atoms with Gasteiger partial charge in [-0.15, -0.1) is 0 Å². The van der Waals surface area contributed by atoms with E-state index in [-0.39, 0.29) is 5.91 Å². The number of ether oxygens (including phenoxy) is 1. The molecule has 0 bridgehead atoms. The molecule has 0 aliphatic heterocycles. The van der Waals surface area contributed by atoms with Gasteiger partial charge in [-0.25, -0.2) is 0 Å². The van der Waals surface area contributed by atoms with Gasteiger partial charge in [0.05, 0.1) is 18.5 Å². The number of nitrogens with zero attached hydrogens (tertiary/aromatic N) is 4. The summed E-state index contributed by atoms with van der Waals surface area (Å²) < 4.78 is 6.85. The smallest absolute Gasteiger partial charge is 0.269 e. The van der Waals surface area contributed by atoms with E-state index in [2.05, 4.69) is 20.4 Å². The second-order valence-corrected chi connectivity index (χ2v) is 6.70. The van der Waals surface area contributed by atoms with Crippen molar-refractivity contribution in [2.45, 2.75) is 6.54 Å². The highest BCUT2D eigenvalue weighted by Crippen LogP contribution is 2.24. The minimum atomic E-state index is -0.205. The van der Waals surface area contributed by atoms with E-state index < -0.39 is 0 Å². The van der Waals surface area contributed by atoms with Crippen LogP contribution in [0, 0.1) is 0 Å². The van der Waals surface area contributed by atoms with E-state index in [1.165, 1.54) is 0 Å². The predicted octanol–water partition coefficient (Wildman–Crippen LogP) is 3.48. The van der Waals surface area contributed by atoms with Crippen molar-refractivity contribution < 1.29 is 9.53 Å². The number of pyridine rings is 2. The molecule has 3 heterocycles. The van der Waals surface area contributed by atoms with Crippen LogP contribution in [0.3, 0.4) is 0 Å². The summed E-state index contributed by atoms with van der Waals surface area (Å²) in [5.41, 5.74) is 4.77. The summed E-state index contributed by atoms with van der Waals surface area (Å²) in [6.07, 6.45) is 5.19. The molecule has 0 fully saturated rings. The third kappa shape index (κ3) is 4.05. The Morgan fingerprint density at radius 2 is 1.87 bits per heavy atom. The van der Waals surface area contributed by atoms with E-state index in [4.69, 9.17) is 4.74 Å². The van der Waals surface area contributed by atoms with Gasteiger partial charge in [0, 0.05) is 43.3 Å². The van der Waals surface area contributed by atoms with Crippen LogP contribution in [-0.2, 0) is 13.6 Å². The molecule has 1 N–H and O–H groups in total. The van der Waals surface area contributed by atoms with Crippen LogP contribution in [0.25, 0.3) is 22.5 Å². The SMILES string of the molecule is COc1cccc(-c2cc(C(=O)NCc3cccnc3-c3ccncc3)n(C)n2)c1. The lowest BCUT2D eigenvalue weighted by atomic mass is 10.1. The highest BCUT2D eigenvalue weighted by Gasteiger charge is 2.15. The maximum Gasteiger partial charge on any atom is 0.269 e. The van der Waals surface area contributed by atoms with Gasteiger partial charge < -0.3 is 10.1 Å². The molecule has 0 saturated carbocycles. The number of methoxy groups -OCH3 is 1. The Balaban J connectivity index is 1.53. The Morgan fingerprint density at radius 3 is 2.67 bits per heavy atom. The second-order valence-electron chi connectivity index (χ2n) is 6.70. The first-order valence-corrected chi connectivity index (χ1v) is 9.46. The minimum Gasteiger partial charge on any atom is -0.497 e. The van der Waals surface area contributed by atoms with Crippen LogP contribution in [0.1, 0.15) is 16.1 Å². The first kappa shape index (κ1) is 19.3. The average Bonchev–Trinajstić information content (AvgIpc) is 3.20. The van der Waals surface area contributed by atoms with Gasteiger partial charge in [-0.2, -0.15) is 5.10 Å². The summed E-state index contributed by atoms with van der Waals surface area (Å²) in [5.74, 6) is 0.535. The first-order chi connectivity index (χ1) is 14.7. The van der Waals surface area contributed by atoms with E-state index in [0.29, 0.717) is 17.9 Å². The molecule has 0 saturated heterocycles. The monoisotopic (exact) mass is 399 g/mol. The summed E-state index contributed by atoms with van der Waals surface area (Å²) in [5, 5.41) is 7.45. The van der Waals surface area contributed by atoms with E-state index >= 15 is 0 Å². The molecule has 3 aromatic heterocycles. The molecule has 1 aromatic carbocycles. The fourth-order valence-electron chi connectivity index (χ4n) is 3.22. The quantitative estimate of drug-likeness (QED) is 0.537. The van der Waals surface area contributed by atoms with Gasteiger partial charge >= 0.3 is 0 Å². The van der Waals surface area contributed by atoms with Crippen LogP contribution >= 0.6 is 0 Å². The summed E-state index contributed by atoms with van der Waals surface area (Å²) in [7, 11) is 3.38. The Bertz CT molecular complexity index is 1170. The fourth-order valence-corrected chi connectivity index (χ4v) is 3.22. The first-order valence-electron chi connectivity index (χ1n) is 9.46. The third-order valence-electron chi connectivity index (χ3n) is 4.76. The van der Waals surface area contributed by atoms with Crippen LogP contribution < -0.4 is 10.1 Å². The van der Waals surface area contributed by atoms with Crippen LogP contribution in [0.4, 0.5) is 0 Å². The molecule has 4 rings (SSSR count). The van der Waals surface area contributed by atoms with Gasteiger partial charge in [0.25, 0.3) is 5.91 Å². The molecular formula is C23H21N5O2. The zero-order valence-corrected chi connectivity index (χ0v) is 16.7. The fraction of sp³-hybridized carbons (Fsp3) is 0.130. The minimum absolute atomic E-state index is 0.205. The number of hydrogen-bond acceptors (Lipinski definition) is 5. The van der Waals surface area contributed by atoms with Crippen LogP contribution in [0.2, 0.25) is 0 Å². The van der Waals surface area contributed by atoms with Crippen molar-refractivity contribution in [3.8, 4) is 28.3 Å². The van der Waals surface area contributed by atoms with Gasteiger partial charge in [-0.05, 0) is 42.0 Å². The molecule has 0 unspecified atom stereocenters. The van der Waals surface area contributed by atoms with Crippen LogP contribution in [0.15, 0.2) is 73.2 Å². The van der Waals surface area contributed by atoms with Crippen molar-refractivity contribution in [1.82, 2.24) is 25.1 Å². The molecule has 30 heavy (non-hydrogen) atoms. The highest BCUT2D eigenvalue weighted by molar-refractivity contribution is 5.93. The Labute approximate surface area is 174 Å². The molecule has 0 aliphatic carbocycles. The van der Waals surface area contributed by atoms with E-state index in [1.807, 2.05) is 48.5 Å². The molecule has 7 heteroatoms. The average molecular weight is 399 g/mol. The van der Waals surface area contributed by atoms with Gasteiger partial charge in [-0.1, -0.05) is 18.2 Å². The topological polar surface area (TPSA) is 81.9 Å². The normalized spacial score (nSPS) is 10.6. The zero-order chi connectivity index (χ0) is 20.9. The van der Waals surface area contributed by atoms with Crippen molar-refractivity contribution in [3.05, 3.63) is 84.4 Å². The number of amides is 1. The number of nitrogens with one attached hydrogen (secondary N) is 1. The molecule has 0 radical (unpaired) electrons. The van der Waals surface area contributed by atoms with Crippen molar-refractivity contribution >= 4 is 5.91 Å². The summed E-state index contributed by atoms with van der Waals surface area (Å²) in [4.78, 5) is 21.3. The maximum absolute atomic E-state index is 12.8. The lowest BCUT2D eigenvalue weighted by Crippen LogP contribution is -2.25. The Morgan fingerprint density at radius 1 is 1.03 bits per heavy atom. The predicted molar refractivity (Wildman–Crippen MR) is 114 cm³/mol. The third-order valence-corrected chi connectivity index (χ3v) is 4.76. The molecular weight excluding hydrogens is 378 g/mol. The lowest BCUT2D eigenvalue weighted by Gasteiger charge is -2.10. The largest absolute Gasteiger partial charge is 0.497 e. The van der Waals surface area contributed by atoms with Gasteiger partial charge in [-0.3, -0.25) is 19.4 Å². The summed E-state index contributed by atoms with van der Waals surface area (Å²) >= 11 is 0. The van der Waals surface area contributed by atoms with E-state index in [1.54, 1.807) is 43.5 Å². The number of carbonyl (C=O) groups is 1. The highest BCUT2D eigenvalue weighted by atomic mass is 16.5. The number of rotatable bonds is 6. The summed E-state index contributed by atoms with van der Waals surface area (Å²) in [6, 6.07) is 17.0. The van der Waals surface area contributed by atoms with Gasteiger partial charge in [0.15, 0.2) is 0 Å². The summed E-state index contributed by atoms with van der Waals surface area (Å²) in [6.45, 7) is 0.351. The number of aryl methyl sites for hydroxylation is 1. The Hall–Kier alpha value is -4.00. The van der Waals surface area contributed by atoms with Crippen molar-refractivity contribution in [1.29, 1.82) is 0 Å². The molecule has 7 nitrogen and oxygen atoms in total. The lowest BCUT2D eigenvalue weighted by molar-refractivity contribution is 0.0941. The number of aromatic nitrogens is 4. The molecule has 150 valence electrons. The van der Waals surface area contributed by atoms with Gasteiger partial charge in [0.1, 0.15) is 11.4 Å². The van der Waals surface area contributed by atoms with E-state index in [0.717, 1.165) is 28.1 Å². The standard InChI is InChI=1S/C23H21N5O2/c1-28-21(14-20(27-28)17-5-3-7-19(13-17)30-2)23(29)26-15-18-6-4-10-25-22(18)16-8-11-24-12-9-16/h3-14H,15H2,1-2H3,(H,26,29). The molecule has 0 aliphatic rings. The van der Waals surface area contributed by atoms with Crippen molar-refractivity contribution in [3.63, 3.8) is 0 Å². The number of carbonyl (C=O) groups excluding carboxylic acids is 1. The van der Waals surface area contributed by atoms with Crippen LogP contribution in [0.5, 0.6) is 5.75 Å². The molecule has 4 aromatic rings. The molecule has 1 amide bonds.